The van der Waals surface area contributed by atoms with Gasteiger partial charge in [0.15, 0.2) is 12.4 Å². The number of nitrogens with one attached hydrogen (secondary N) is 1. The molecule has 2 aromatic rings. The van der Waals surface area contributed by atoms with E-state index in [-0.39, 0.29) is 12.5 Å². The van der Waals surface area contributed by atoms with E-state index in [0.29, 0.717) is 17.5 Å². The van der Waals surface area contributed by atoms with Gasteiger partial charge in [0.05, 0.1) is 0 Å². The van der Waals surface area contributed by atoms with Gasteiger partial charge in [-0.25, -0.2) is 0 Å². The van der Waals surface area contributed by atoms with Crippen LogP contribution in [0.4, 0.5) is 0 Å². The predicted octanol–water partition coefficient (Wildman–Crippen LogP) is 2.65. The average Bonchev–Trinajstić information content (AvgIpc) is 3.17. The lowest BCUT2D eigenvalue weighted by Gasteiger charge is -2.26. The summed E-state index contributed by atoms with van der Waals surface area (Å²) < 4.78 is 10.6. The maximum Gasteiger partial charge on any atom is 0.258 e. The van der Waals surface area contributed by atoms with E-state index in [9.17, 15) is 4.79 Å². The van der Waals surface area contributed by atoms with E-state index in [1.165, 1.54) is 0 Å². The van der Waals surface area contributed by atoms with Crippen LogP contribution in [-0.2, 0) is 10.3 Å². The van der Waals surface area contributed by atoms with Crippen LogP contribution in [0, 0.1) is 13.8 Å². The molecule has 1 aromatic carbocycles. The molecule has 1 aromatic heterocycles. The van der Waals surface area contributed by atoms with Crippen molar-refractivity contribution >= 4 is 5.91 Å². The van der Waals surface area contributed by atoms with Crippen LogP contribution < -0.4 is 10.1 Å². The number of rotatable bonds is 5. The minimum Gasteiger partial charge on any atom is -0.484 e. The summed E-state index contributed by atoms with van der Waals surface area (Å²) in [5.41, 5.74) is 0.630. The van der Waals surface area contributed by atoms with Crippen LogP contribution in [0.25, 0.3) is 0 Å². The molecule has 23 heavy (non-hydrogen) atoms. The van der Waals surface area contributed by atoms with Crippen molar-refractivity contribution in [2.75, 3.05) is 6.61 Å². The van der Waals surface area contributed by atoms with Gasteiger partial charge in [-0.15, -0.1) is 0 Å². The monoisotopic (exact) mass is 315 g/mol. The third-order valence-electron chi connectivity index (χ3n) is 4.18. The van der Waals surface area contributed by atoms with Gasteiger partial charge in [-0.1, -0.05) is 35.7 Å². The molecular formula is C17H21N3O3. The highest BCUT2D eigenvalue weighted by atomic mass is 16.5. The molecule has 1 fully saturated rings. The van der Waals surface area contributed by atoms with Crippen molar-refractivity contribution in [1.29, 1.82) is 0 Å². The maximum absolute atomic E-state index is 12.3. The fourth-order valence-corrected chi connectivity index (χ4v) is 2.96. The molecule has 1 heterocycles. The second kappa shape index (κ2) is 6.40. The van der Waals surface area contributed by atoms with Gasteiger partial charge >= 0.3 is 0 Å². The van der Waals surface area contributed by atoms with E-state index in [4.69, 9.17) is 9.26 Å². The van der Waals surface area contributed by atoms with Crippen molar-refractivity contribution in [3.05, 3.63) is 41.5 Å². The van der Waals surface area contributed by atoms with E-state index < -0.39 is 5.54 Å². The highest BCUT2D eigenvalue weighted by Crippen LogP contribution is 2.37. The first-order valence-electron chi connectivity index (χ1n) is 7.89. The molecule has 6 nitrogen and oxygen atoms in total. The fraction of sp³-hybridized carbons (Fsp3) is 0.471. The summed E-state index contributed by atoms with van der Waals surface area (Å²) in [5, 5.41) is 7.06. The summed E-state index contributed by atoms with van der Waals surface area (Å²) in [6.07, 6.45) is 3.71. The maximum atomic E-state index is 12.3. The van der Waals surface area contributed by atoms with Gasteiger partial charge < -0.3 is 14.6 Å². The normalized spacial score (nSPS) is 16.3. The molecule has 1 saturated carbocycles. The number of carbonyl (C=O) groups is 1. The van der Waals surface area contributed by atoms with E-state index >= 15 is 0 Å². The number of carbonyl (C=O) groups excluding carboxylic acids is 1. The lowest BCUT2D eigenvalue weighted by molar-refractivity contribution is -0.125. The fourth-order valence-electron chi connectivity index (χ4n) is 2.96. The number of hydrogen-bond acceptors (Lipinski definition) is 5. The van der Waals surface area contributed by atoms with Gasteiger partial charge in [-0.2, -0.15) is 4.98 Å². The quantitative estimate of drug-likeness (QED) is 0.918. The topological polar surface area (TPSA) is 77.2 Å². The van der Waals surface area contributed by atoms with Crippen molar-refractivity contribution in [3.8, 4) is 5.75 Å². The Hall–Kier alpha value is -2.37. The number of aromatic nitrogens is 2. The molecular weight excluding hydrogens is 294 g/mol. The molecule has 3 rings (SSSR count). The number of amides is 1. The van der Waals surface area contributed by atoms with Gasteiger partial charge in [0.1, 0.15) is 11.3 Å². The molecule has 1 N–H and O–H groups in total. The lowest BCUT2D eigenvalue weighted by atomic mass is 9.96. The molecule has 1 aliphatic carbocycles. The summed E-state index contributed by atoms with van der Waals surface area (Å²) in [4.78, 5) is 16.6. The Balaban J connectivity index is 1.64. The molecule has 0 radical (unpaired) electrons. The van der Waals surface area contributed by atoms with Gasteiger partial charge in [0, 0.05) is 6.92 Å². The summed E-state index contributed by atoms with van der Waals surface area (Å²) in [6.45, 7) is 3.73. The zero-order valence-electron chi connectivity index (χ0n) is 13.5. The van der Waals surface area contributed by atoms with Crippen LogP contribution in [0.3, 0.4) is 0 Å². The first-order valence-corrected chi connectivity index (χ1v) is 7.89. The standard InChI is InChI=1S/C17H21N3O3/c1-12-5-7-14(8-6-12)22-11-15(21)19-17(9-3-4-10-17)16-18-13(2)23-20-16/h5-8H,3-4,9-11H2,1-2H3,(H,19,21). The molecule has 0 unspecified atom stereocenters. The summed E-state index contributed by atoms with van der Waals surface area (Å²) in [7, 11) is 0. The van der Waals surface area contributed by atoms with Crippen LogP contribution in [0.15, 0.2) is 28.8 Å². The van der Waals surface area contributed by atoms with Crippen LogP contribution in [0.5, 0.6) is 5.75 Å². The van der Waals surface area contributed by atoms with Crippen molar-refractivity contribution in [3.63, 3.8) is 0 Å². The minimum absolute atomic E-state index is 0.0261. The first kappa shape index (κ1) is 15.5. The smallest absolute Gasteiger partial charge is 0.258 e. The first-order chi connectivity index (χ1) is 11.1. The number of nitrogens with zero attached hydrogens (tertiary/aromatic N) is 2. The van der Waals surface area contributed by atoms with E-state index in [1.54, 1.807) is 6.92 Å². The molecule has 1 aliphatic rings. The summed E-state index contributed by atoms with van der Waals surface area (Å²) >= 11 is 0. The van der Waals surface area contributed by atoms with E-state index in [2.05, 4.69) is 15.5 Å². The van der Waals surface area contributed by atoms with Crippen molar-refractivity contribution in [1.82, 2.24) is 15.5 Å². The van der Waals surface area contributed by atoms with E-state index in [0.717, 1.165) is 31.2 Å². The number of hydrogen-bond donors (Lipinski definition) is 1. The molecule has 0 saturated heterocycles. The molecule has 1 amide bonds. The second-order valence-electron chi connectivity index (χ2n) is 6.08. The van der Waals surface area contributed by atoms with Gasteiger partial charge in [0.2, 0.25) is 5.89 Å². The molecule has 0 atom stereocenters. The SMILES string of the molecule is Cc1ccc(OCC(=O)NC2(c3noc(C)n3)CCCC2)cc1. The average molecular weight is 315 g/mol. The zero-order chi connectivity index (χ0) is 16.3. The highest BCUT2D eigenvalue weighted by Gasteiger charge is 2.41. The Bertz CT molecular complexity index is 673. The van der Waals surface area contributed by atoms with Gasteiger partial charge in [-0.05, 0) is 31.9 Å². The largest absolute Gasteiger partial charge is 0.484 e. The second-order valence-corrected chi connectivity index (χ2v) is 6.08. The Morgan fingerprint density at radius 2 is 1.96 bits per heavy atom. The predicted molar refractivity (Wildman–Crippen MR) is 84.0 cm³/mol. The summed E-state index contributed by atoms with van der Waals surface area (Å²) in [6, 6.07) is 7.62. The van der Waals surface area contributed by atoms with Crippen molar-refractivity contribution in [2.45, 2.75) is 45.1 Å². The molecule has 0 bridgehead atoms. The van der Waals surface area contributed by atoms with Crippen LogP contribution in [0.2, 0.25) is 0 Å². The Kier molecular flexibility index (Phi) is 4.32. The highest BCUT2D eigenvalue weighted by molar-refractivity contribution is 5.78. The lowest BCUT2D eigenvalue weighted by Crippen LogP contribution is -2.46. The third kappa shape index (κ3) is 3.52. The molecule has 0 spiro atoms. The third-order valence-corrected chi connectivity index (χ3v) is 4.18. The van der Waals surface area contributed by atoms with Gasteiger partial charge in [0.25, 0.3) is 5.91 Å². The number of aryl methyl sites for hydroxylation is 2. The number of benzene rings is 1. The summed E-state index contributed by atoms with van der Waals surface area (Å²) in [5.74, 6) is 1.59. The Morgan fingerprint density at radius 3 is 2.57 bits per heavy atom. The van der Waals surface area contributed by atoms with E-state index in [1.807, 2.05) is 31.2 Å². The van der Waals surface area contributed by atoms with Crippen LogP contribution in [0.1, 0.15) is 43.0 Å². The molecule has 0 aliphatic heterocycles. The molecule has 6 heteroatoms. The Morgan fingerprint density at radius 1 is 1.26 bits per heavy atom. The minimum atomic E-state index is -0.522. The molecule has 122 valence electrons. The zero-order valence-corrected chi connectivity index (χ0v) is 13.5. The van der Waals surface area contributed by atoms with Crippen molar-refractivity contribution in [2.24, 2.45) is 0 Å². The Labute approximate surface area is 135 Å². The number of ether oxygens (including phenoxy) is 1. The van der Waals surface area contributed by atoms with Crippen molar-refractivity contribution < 1.29 is 14.1 Å². The van der Waals surface area contributed by atoms with Crippen LogP contribution >= 0.6 is 0 Å². The van der Waals surface area contributed by atoms with Gasteiger partial charge in [-0.3, -0.25) is 4.79 Å². The van der Waals surface area contributed by atoms with Crippen LogP contribution in [-0.4, -0.2) is 22.7 Å².